The van der Waals surface area contributed by atoms with Crippen molar-refractivity contribution >= 4 is 0 Å². The predicted octanol–water partition coefficient (Wildman–Crippen LogP) is 0.766. The van der Waals surface area contributed by atoms with Crippen molar-refractivity contribution in [3.8, 4) is 12.3 Å². The van der Waals surface area contributed by atoms with Gasteiger partial charge in [0.2, 0.25) is 5.82 Å². The molecule has 2 nitrogen and oxygen atoms in total. The molecule has 0 unspecified atom stereocenters. The van der Waals surface area contributed by atoms with Crippen LogP contribution in [0.1, 0.15) is 11.5 Å². The van der Waals surface area contributed by atoms with E-state index in [4.69, 9.17) is 6.42 Å². The van der Waals surface area contributed by atoms with E-state index in [1.54, 1.807) is 12.3 Å². The van der Waals surface area contributed by atoms with E-state index >= 15 is 0 Å². The molecule has 9 heavy (non-hydrogen) atoms. The highest BCUT2D eigenvalue weighted by Gasteiger charge is 1.86. The van der Waals surface area contributed by atoms with E-state index in [1.807, 2.05) is 6.92 Å². The third kappa shape index (κ3) is 1.26. The molecule has 1 aromatic rings. The molecule has 0 N–H and O–H groups in total. The van der Waals surface area contributed by atoms with Gasteiger partial charge in [-0.3, -0.25) is 0 Å². The van der Waals surface area contributed by atoms with Crippen molar-refractivity contribution in [2.24, 2.45) is 0 Å². The fourth-order valence-corrected chi connectivity index (χ4v) is 0.518. The minimum Gasteiger partial charge on any atom is -0.229 e. The Kier molecular flexibility index (Phi) is 1.46. The molecule has 1 heterocycles. The molecule has 0 radical (unpaired) electrons. The fourth-order valence-electron chi connectivity index (χ4n) is 0.518. The maximum Gasteiger partial charge on any atom is 0.204 e. The van der Waals surface area contributed by atoms with Gasteiger partial charge in [0.1, 0.15) is 0 Å². The summed E-state index contributed by atoms with van der Waals surface area (Å²) in [6.07, 6.45) is 6.69. The first kappa shape index (κ1) is 5.77. The van der Waals surface area contributed by atoms with Crippen LogP contribution in [0.25, 0.3) is 0 Å². The summed E-state index contributed by atoms with van der Waals surface area (Å²) in [7, 11) is 0. The molecule has 44 valence electrons. The Labute approximate surface area is 54.0 Å². The first-order valence-corrected chi connectivity index (χ1v) is 2.59. The molecule has 0 bridgehead atoms. The van der Waals surface area contributed by atoms with Crippen molar-refractivity contribution in [1.29, 1.82) is 0 Å². The molecule has 0 aliphatic carbocycles. The van der Waals surface area contributed by atoms with E-state index in [1.165, 1.54) is 0 Å². The molecular formula is C7H6N2. The van der Waals surface area contributed by atoms with E-state index in [0.29, 0.717) is 5.82 Å². The zero-order chi connectivity index (χ0) is 6.69. The monoisotopic (exact) mass is 118 g/mol. The van der Waals surface area contributed by atoms with Crippen molar-refractivity contribution in [3.63, 3.8) is 0 Å². The maximum absolute atomic E-state index is 5.04. The molecule has 0 amide bonds. The van der Waals surface area contributed by atoms with Crippen LogP contribution in [0.4, 0.5) is 0 Å². The van der Waals surface area contributed by atoms with Crippen molar-refractivity contribution < 1.29 is 0 Å². The second-order valence-electron chi connectivity index (χ2n) is 1.67. The highest BCUT2D eigenvalue weighted by atomic mass is 14.9. The molecule has 0 atom stereocenters. The molecule has 0 aromatic carbocycles. The van der Waals surface area contributed by atoms with Crippen LogP contribution < -0.4 is 0 Å². The second-order valence-corrected chi connectivity index (χ2v) is 1.67. The third-order valence-corrected chi connectivity index (χ3v) is 0.924. The van der Waals surface area contributed by atoms with Crippen LogP contribution in [-0.4, -0.2) is 9.97 Å². The summed E-state index contributed by atoms with van der Waals surface area (Å²) in [5.74, 6) is 2.80. The number of aryl methyl sites for hydroxylation is 1. The Balaban J connectivity index is 3.12. The number of terminal acetylenes is 1. The number of hydrogen-bond acceptors (Lipinski definition) is 2. The van der Waals surface area contributed by atoms with Gasteiger partial charge in [0.05, 0.1) is 0 Å². The molecule has 0 fully saturated rings. The summed E-state index contributed by atoms with van der Waals surface area (Å²) in [6.45, 7) is 1.88. The topological polar surface area (TPSA) is 25.8 Å². The van der Waals surface area contributed by atoms with Crippen LogP contribution in [0.5, 0.6) is 0 Å². The van der Waals surface area contributed by atoms with E-state index in [0.717, 1.165) is 5.69 Å². The zero-order valence-electron chi connectivity index (χ0n) is 5.13. The Morgan fingerprint density at radius 3 is 2.89 bits per heavy atom. The SMILES string of the molecule is C#Cc1nccc(C)n1. The van der Waals surface area contributed by atoms with Gasteiger partial charge in [0.25, 0.3) is 0 Å². The average Bonchev–Trinajstić information content (AvgIpc) is 1.88. The Bertz CT molecular complexity index is 247. The van der Waals surface area contributed by atoms with Gasteiger partial charge in [0.15, 0.2) is 0 Å². The van der Waals surface area contributed by atoms with Crippen molar-refractivity contribution in [2.45, 2.75) is 6.92 Å². The predicted molar refractivity (Wildman–Crippen MR) is 34.7 cm³/mol. The van der Waals surface area contributed by atoms with Gasteiger partial charge >= 0.3 is 0 Å². The molecule has 1 aromatic heterocycles. The molecule has 0 spiro atoms. The van der Waals surface area contributed by atoms with Crippen molar-refractivity contribution in [3.05, 3.63) is 23.8 Å². The largest absolute Gasteiger partial charge is 0.229 e. The lowest BCUT2D eigenvalue weighted by molar-refractivity contribution is 1.07. The summed E-state index contributed by atoms with van der Waals surface area (Å²) >= 11 is 0. The van der Waals surface area contributed by atoms with E-state index < -0.39 is 0 Å². The summed E-state index contributed by atoms with van der Waals surface area (Å²) in [4.78, 5) is 7.76. The van der Waals surface area contributed by atoms with Gasteiger partial charge < -0.3 is 0 Å². The Hall–Kier alpha value is -1.36. The normalized spacial score (nSPS) is 8.44. The Morgan fingerprint density at radius 1 is 1.67 bits per heavy atom. The molecule has 0 aliphatic heterocycles. The summed E-state index contributed by atoms with van der Waals surface area (Å²) in [6, 6.07) is 1.81. The lowest BCUT2D eigenvalue weighted by Crippen LogP contribution is -1.88. The lowest BCUT2D eigenvalue weighted by Gasteiger charge is -1.88. The van der Waals surface area contributed by atoms with E-state index in [9.17, 15) is 0 Å². The third-order valence-electron chi connectivity index (χ3n) is 0.924. The van der Waals surface area contributed by atoms with E-state index in [-0.39, 0.29) is 0 Å². The highest BCUT2D eigenvalue weighted by molar-refractivity contribution is 5.16. The van der Waals surface area contributed by atoms with Crippen LogP contribution in [-0.2, 0) is 0 Å². The molecule has 0 aliphatic rings. The quantitative estimate of drug-likeness (QED) is 0.470. The van der Waals surface area contributed by atoms with Gasteiger partial charge in [-0.25, -0.2) is 9.97 Å². The first-order chi connectivity index (χ1) is 4.33. The number of hydrogen-bond donors (Lipinski definition) is 0. The molecular weight excluding hydrogens is 112 g/mol. The van der Waals surface area contributed by atoms with E-state index in [2.05, 4.69) is 15.9 Å². The van der Waals surface area contributed by atoms with Gasteiger partial charge in [-0.1, -0.05) is 0 Å². The number of aromatic nitrogens is 2. The summed E-state index contributed by atoms with van der Waals surface area (Å²) in [5.41, 5.74) is 0.901. The second kappa shape index (κ2) is 2.27. The minimum absolute atomic E-state index is 0.454. The lowest BCUT2D eigenvalue weighted by atomic mass is 10.4. The summed E-state index contributed by atoms with van der Waals surface area (Å²) in [5, 5.41) is 0. The molecule has 0 saturated carbocycles. The van der Waals surface area contributed by atoms with Crippen LogP contribution in [0.2, 0.25) is 0 Å². The highest BCUT2D eigenvalue weighted by Crippen LogP contribution is 1.89. The van der Waals surface area contributed by atoms with Gasteiger partial charge in [-0.05, 0) is 18.9 Å². The molecule has 1 rings (SSSR count). The average molecular weight is 118 g/mol. The standard InChI is InChI=1S/C7H6N2/c1-3-7-8-5-4-6(2)9-7/h1,4-5H,2H3. The van der Waals surface area contributed by atoms with Crippen LogP contribution in [0, 0.1) is 19.3 Å². The van der Waals surface area contributed by atoms with Crippen LogP contribution >= 0.6 is 0 Å². The first-order valence-electron chi connectivity index (χ1n) is 2.59. The molecule has 0 saturated heterocycles. The smallest absolute Gasteiger partial charge is 0.204 e. The Morgan fingerprint density at radius 2 is 2.44 bits per heavy atom. The molecule has 2 heteroatoms. The number of rotatable bonds is 0. The minimum atomic E-state index is 0.454. The van der Waals surface area contributed by atoms with Crippen LogP contribution in [0.3, 0.4) is 0 Å². The van der Waals surface area contributed by atoms with Gasteiger partial charge in [-0.15, -0.1) is 6.42 Å². The van der Waals surface area contributed by atoms with Crippen LogP contribution in [0.15, 0.2) is 12.3 Å². The van der Waals surface area contributed by atoms with Crippen molar-refractivity contribution in [1.82, 2.24) is 9.97 Å². The van der Waals surface area contributed by atoms with Gasteiger partial charge in [0, 0.05) is 11.9 Å². The summed E-state index contributed by atoms with van der Waals surface area (Å²) < 4.78 is 0. The van der Waals surface area contributed by atoms with Gasteiger partial charge in [-0.2, -0.15) is 0 Å². The maximum atomic E-state index is 5.04. The fraction of sp³-hybridized carbons (Fsp3) is 0.143. The van der Waals surface area contributed by atoms with Crippen molar-refractivity contribution in [2.75, 3.05) is 0 Å². The zero-order valence-corrected chi connectivity index (χ0v) is 5.13. The number of nitrogens with zero attached hydrogens (tertiary/aromatic N) is 2.